The Morgan fingerprint density at radius 1 is 1.21 bits per heavy atom. The van der Waals surface area contributed by atoms with Crippen LogP contribution in [-0.4, -0.2) is 39.9 Å². The number of carboxylic acids is 1. The molecule has 2 aromatic carbocycles. The third-order valence-electron chi connectivity index (χ3n) is 4.88. The summed E-state index contributed by atoms with van der Waals surface area (Å²) in [6.07, 6.45) is 1.01. The number of para-hydroxylation sites is 1. The molecule has 1 heterocycles. The van der Waals surface area contributed by atoms with Crippen molar-refractivity contribution in [2.45, 2.75) is 19.8 Å². The molecule has 0 aromatic heterocycles. The monoisotopic (exact) mass is 384 g/mol. The lowest BCUT2D eigenvalue weighted by molar-refractivity contribution is -0.384. The lowest BCUT2D eigenvalue weighted by atomic mass is 9.82. The SMILES string of the molecule is CC1(C(=O)O)CCCN(C(=O)c2cc([N+](=O)[O-])ccc2Oc2ccccc2)C1. The number of benzene rings is 2. The van der Waals surface area contributed by atoms with Crippen LogP contribution in [0.15, 0.2) is 48.5 Å². The van der Waals surface area contributed by atoms with E-state index in [-0.39, 0.29) is 23.5 Å². The second kappa shape index (κ2) is 7.67. The molecule has 0 aliphatic carbocycles. The summed E-state index contributed by atoms with van der Waals surface area (Å²) in [4.78, 5) is 36.7. The maximum absolute atomic E-state index is 13.1. The number of rotatable bonds is 5. The number of nitro benzene ring substituents is 1. The van der Waals surface area contributed by atoms with Gasteiger partial charge in [0.1, 0.15) is 11.5 Å². The van der Waals surface area contributed by atoms with E-state index in [1.54, 1.807) is 31.2 Å². The van der Waals surface area contributed by atoms with E-state index in [4.69, 9.17) is 4.74 Å². The third-order valence-corrected chi connectivity index (χ3v) is 4.88. The van der Waals surface area contributed by atoms with E-state index in [1.807, 2.05) is 6.07 Å². The highest BCUT2D eigenvalue weighted by atomic mass is 16.6. The van der Waals surface area contributed by atoms with Crippen LogP contribution in [0.1, 0.15) is 30.1 Å². The van der Waals surface area contributed by atoms with Crippen molar-refractivity contribution >= 4 is 17.6 Å². The molecule has 1 unspecified atom stereocenters. The molecule has 1 aliphatic rings. The first kappa shape index (κ1) is 19.3. The fraction of sp³-hybridized carbons (Fsp3) is 0.300. The van der Waals surface area contributed by atoms with Crippen LogP contribution in [0.25, 0.3) is 0 Å². The number of carboxylic acid groups (broad SMARTS) is 1. The van der Waals surface area contributed by atoms with Crippen LogP contribution in [0.4, 0.5) is 5.69 Å². The zero-order valence-electron chi connectivity index (χ0n) is 15.3. The van der Waals surface area contributed by atoms with E-state index in [0.717, 1.165) is 0 Å². The van der Waals surface area contributed by atoms with Crippen molar-refractivity contribution in [3.63, 3.8) is 0 Å². The summed E-state index contributed by atoms with van der Waals surface area (Å²) in [7, 11) is 0. The number of nitrogens with zero attached hydrogens (tertiary/aromatic N) is 2. The summed E-state index contributed by atoms with van der Waals surface area (Å²) in [5, 5.41) is 20.7. The third kappa shape index (κ3) is 3.95. The summed E-state index contributed by atoms with van der Waals surface area (Å²) < 4.78 is 5.77. The van der Waals surface area contributed by atoms with Crippen molar-refractivity contribution in [2.24, 2.45) is 5.41 Å². The minimum atomic E-state index is -1.05. The molecule has 0 radical (unpaired) electrons. The maximum atomic E-state index is 13.1. The summed E-state index contributed by atoms with van der Waals surface area (Å²) in [6, 6.07) is 12.6. The van der Waals surface area contributed by atoms with Gasteiger partial charge in [-0.3, -0.25) is 19.7 Å². The Morgan fingerprint density at radius 3 is 2.57 bits per heavy atom. The highest BCUT2D eigenvalue weighted by molar-refractivity contribution is 5.98. The van der Waals surface area contributed by atoms with Crippen LogP contribution in [0.3, 0.4) is 0 Å². The molecule has 3 rings (SSSR count). The summed E-state index contributed by atoms with van der Waals surface area (Å²) in [6.45, 7) is 2.02. The minimum absolute atomic E-state index is 0.0349. The molecule has 8 heteroatoms. The molecule has 1 aliphatic heterocycles. The van der Waals surface area contributed by atoms with Gasteiger partial charge in [0, 0.05) is 25.2 Å². The van der Waals surface area contributed by atoms with Gasteiger partial charge in [-0.05, 0) is 38.0 Å². The molecule has 1 saturated heterocycles. The average Bonchev–Trinajstić information content (AvgIpc) is 2.68. The summed E-state index contributed by atoms with van der Waals surface area (Å²) >= 11 is 0. The Morgan fingerprint density at radius 2 is 1.93 bits per heavy atom. The molecule has 1 amide bonds. The Kier molecular flexibility index (Phi) is 5.30. The zero-order valence-corrected chi connectivity index (χ0v) is 15.3. The van der Waals surface area contributed by atoms with Crippen LogP contribution in [0.2, 0.25) is 0 Å². The number of hydrogen-bond donors (Lipinski definition) is 1. The minimum Gasteiger partial charge on any atom is -0.481 e. The molecule has 0 saturated carbocycles. The fourth-order valence-electron chi connectivity index (χ4n) is 3.26. The van der Waals surface area contributed by atoms with E-state index in [1.165, 1.54) is 23.1 Å². The van der Waals surface area contributed by atoms with E-state index >= 15 is 0 Å². The first-order valence-corrected chi connectivity index (χ1v) is 8.84. The summed E-state index contributed by atoms with van der Waals surface area (Å²) in [5.74, 6) is -0.782. The highest BCUT2D eigenvalue weighted by Crippen LogP contribution is 2.34. The molecule has 1 N–H and O–H groups in total. The number of amides is 1. The van der Waals surface area contributed by atoms with Gasteiger partial charge in [0.2, 0.25) is 0 Å². The number of nitro groups is 1. The van der Waals surface area contributed by atoms with Crippen LogP contribution in [0.5, 0.6) is 11.5 Å². The highest BCUT2D eigenvalue weighted by Gasteiger charge is 2.40. The lowest BCUT2D eigenvalue weighted by Gasteiger charge is -2.37. The number of carbonyl (C=O) groups excluding carboxylic acids is 1. The molecule has 1 fully saturated rings. The average molecular weight is 384 g/mol. The second-order valence-electron chi connectivity index (χ2n) is 7.05. The maximum Gasteiger partial charge on any atom is 0.311 e. The van der Waals surface area contributed by atoms with Crippen molar-refractivity contribution < 1.29 is 24.4 Å². The zero-order chi connectivity index (χ0) is 20.3. The molecule has 28 heavy (non-hydrogen) atoms. The van der Waals surface area contributed by atoms with Gasteiger partial charge in [-0.2, -0.15) is 0 Å². The molecule has 0 bridgehead atoms. The second-order valence-corrected chi connectivity index (χ2v) is 7.05. The number of likely N-dealkylation sites (tertiary alicyclic amines) is 1. The standard InChI is InChI=1S/C20H20N2O6/c1-20(19(24)25)10-5-11-21(13-20)18(23)16-12-14(22(26)27)8-9-17(16)28-15-6-3-2-4-7-15/h2-4,6-9,12H,5,10-11,13H2,1H3,(H,24,25). The van der Waals surface area contributed by atoms with Gasteiger partial charge in [-0.15, -0.1) is 0 Å². The van der Waals surface area contributed by atoms with Crippen LogP contribution in [-0.2, 0) is 4.79 Å². The quantitative estimate of drug-likeness (QED) is 0.621. The van der Waals surface area contributed by atoms with Crippen molar-refractivity contribution in [3.05, 3.63) is 64.2 Å². The van der Waals surface area contributed by atoms with Gasteiger partial charge >= 0.3 is 5.97 Å². The molecular formula is C20H20N2O6. The van der Waals surface area contributed by atoms with Crippen molar-refractivity contribution in [3.8, 4) is 11.5 Å². The van der Waals surface area contributed by atoms with Gasteiger partial charge < -0.3 is 14.7 Å². The largest absolute Gasteiger partial charge is 0.481 e. The number of ether oxygens (including phenoxy) is 1. The molecule has 1 atom stereocenters. The topological polar surface area (TPSA) is 110 Å². The van der Waals surface area contributed by atoms with Crippen molar-refractivity contribution in [2.75, 3.05) is 13.1 Å². The van der Waals surface area contributed by atoms with Crippen molar-refractivity contribution in [1.82, 2.24) is 4.90 Å². The first-order chi connectivity index (χ1) is 13.3. The van der Waals surface area contributed by atoms with Gasteiger partial charge in [-0.25, -0.2) is 0 Å². The number of non-ortho nitro benzene ring substituents is 1. The molecule has 146 valence electrons. The lowest BCUT2D eigenvalue weighted by Crippen LogP contribution is -2.48. The van der Waals surface area contributed by atoms with E-state index in [0.29, 0.717) is 25.1 Å². The van der Waals surface area contributed by atoms with E-state index < -0.39 is 22.2 Å². The Labute approximate surface area is 161 Å². The Balaban J connectivity index is 1.95. The fourth-order valence-corrected chi connectivity index (χ4v) is 3.26. The van der Waals surface area contributed by atoms with Crippen LogP contribution in [0, 0.1) is 15.5 Å². The Hall–Kier alpha value is -3.42. The predicted molar refractivity (Wildman–Crippen MR) is 100 cm³/mol. The number of hydrogen-bond acceptors (Lipinski definition) is 5. The predicted octanol–water partition coefficient (Wildman–Crippen LogP) is 3.71. The number of aliphatic carboxylic acids is 1. The molecule has 8 nitrogen and oxygen atoms in total. The summed E-state index contributed by atoms with van der Waals surface area (Å²) in [5.41, 5.74) is -1.25. The van der Waals surface area contributed by atoms with Gasteiger partial charge in [0.05, 0.1) is 15.9 Å². The van der Waals surface area contributed by atoms with Crippen molar-refractivity contribution in [1.29, 1.82) is 0 Å². The normalized spacial score (nSPS) is 19.1. The number of carbonyl (C=O) groups is 2. The van der Waals surface area contributed by atoms with Gasteiger partial charge in [0.25, 0.3) is 11.6 Å². The van der Waals surface area contributed by atoms with Crippen LogP contribution >= 0.6 is 0 Å². The van der Waals surface area contributed by atoms with Gasteiger partial charge in [-0.1, -0.05) is 18.2 Å². The molecular weight excluding hydrogens is 364 g/mol. The number of piperidine rings is 1. The van der Waals surface area contributed by atoms with E-state index in [2.05, 4.69) is 0 Å². The van der Waals surface area contributed by atoms with Gasteiger partial charge in [0.15, 0.2) is 0 Å². The van der Waals surface area contributed by atoms with Crippen LogP contribution < -0.4 is 4.74 Å². The first-order valence-electron chi connectivity index (χ1n) is 8.84. The molecule has 2 aromatic rings. The van der Waals surface area contributed by atoms with E-state index in [9.17, 15) is 24.8 Å². The molecule has 0 spiro atoms. The Bertz CT molecular complexity index is 914. The smallest absolute Gasteiger partial charge is 0.311 e.